The van der Waals surface area contributed by atoms with Crippen LogP contribution < -0.4 is 0 Å². The normalized spacial score (nSPS) is 11.5. The van der Waals surface area contributed by atoms with Crippen molar-refractivity contribution in [1.29, 1.82) is 0 Å². The summed E-state index contributed by atoms with van der Waals surface area (Å²) in [6.07, 6.45) is 0. The van der Waals surface area contributed by atoms with Crippen molar-refractivity contribution in [2.45, 2.75) is 32.3 Å². The van der Waals surface area contributed by atoms with Crippen LogP contribution in [0, 0.1) is 6.92 Å². The molecule has 25 heavy (non-hydrogen) atoms. The number of rotatable bonds is 7. The van der Waals surface area contributed by atoms with Crippen molar-refractivity contribution in [3.05, 3.63) is 65.2 Å². The van der Waals surface area contributed by atoms with Crippen LogP contribution in [0.5, 0.6) is 0 Å². The number of nitrogens with zero attached hydrogens (tertiary/aromatic N) is 1. The van der Waals surface area contributed by atoms with Gasteiger partial charge in [-0.2, -0.15) is 4.31 Å². The Labute approximate surface area is 149 Å². The lowest BCUT2D eigenvalue weighted by Gasteiger charge is -2.18. The van der Waals surface area contributed by atoms with E-state index in [0.29, 0.717) is 13.1 Å². The Kier molecular flexibility index (Phi) is 6.33. The van der Waals surface area contributed by atoms with Gasteiger partial charge in [0.1, 0.15) is 6.61 Å². The van der Waals surface area contributed by atoms with Crippen LogP contribution >= 0.6 is 0 Å². The van der Waals surface area contributed by atoms with E-state index in [1.807, 2.05) is 31.2 Å². The molecule has 0 spiro atoms. The van der Waals surface area contributed by atoms with Gasteiger partial charge in [0.05, 0.1) is 10.5 Å². The van der Waals surface area contributed by atoms with Gasteiger partial charge in [-0.25, -0.2) is 13.2 Å². The molecule has 0 aliphatic rings. The van der Waals surface area contributed by atoms with Crippen LogP contribution in [0.1, 0.15) is 35.3 Å². The van der Waals surface area contributed by atoms with Gasteiger partial charge in [0.25, 0.3) is 0 Å². The number of esters is 1. The van der Waals surface area contributed by atoms with E-state index in [4.69, 9.17) is 4.74 Å². The molecule has 0 amide bonds. The fourth-order valence-electron chi connectivity index (χ4n) is 2.41. The fraction of sp³-hybridized carbons (Fsp3) is 0.316. The second-order valence-electron chi connectivity index (χ2n) is 5.68. The molecule has 0 N–H and O–H groups in total. The van der Waals surface area contributed by atoms with Crippen molar-refractivity contribution < 1.29 is 17.9 Å². The van der Waals surface area contributed by atoms with Gasteiger partial charge in [0.15, 0.2) is 0 Å². The van der Waals surface area contributed by atoms with Gasteiger partial charge in [0, 0.05) is 13.1 Å². The second-order valence-corrected chi connectivity index (χ2v) is 7.62. The van der Waals surface area contributed by atoms with Crippen LogP contribution in [0.3, 0.4) is 0 Å². The smallest absolute Gasteiger partial charge is 0.338 e. The summed E-state index contributed by atoms with van der Waals surface area (Å²) in [5.41, 5.74) is 2.23. The number of hydrogen-bond acceptors (Lipinski definition) is 4. The molecule has 2 rings (SSSR count). The molecular formula is C19H23NO4S. The maximum absolute atomic E-state index is 12.6. The molecule has 0 saturated heterocycles. The molecule has 134 valence electrons. The summed E-state index contributed by atoms with van der Waals surface area (Å²) < 4.78 is 31.7. The predicted molar refractivity (Wildman–Crippen MR) is 96.8 cm³/mol. The Hall–Kier alpha value is -2.18. The first-order chi connectivity index (χ1) is 11.9. The van der Waals surface area contributed by atoms with Crippen molar-refractivity contribution in [1.82, 2.24) is 4.31 Å². The fourth-order valence-corrected chi connectivity index (χ4v) is 3.92. The molecule has 2 aromatic rings. The third kappa shape index (κ3) is 4.67. The molecule has 0 unspecified atom stereocenters. The first-order valence-electron chi connectivity index (χ1n) is 8.21. The van der Waals surface area contributed by atoms with Gasteiger partial charge in [-0.3, -0.25) is 0 Å². The van der Waals surface area contributed by atoms with Crippen LogP contribution in [0.2, 0.25) is 0 Å². The van der Waals surface area contributed by atoms with E-state index >= 15 is 0 Å². The van der Waals surface area contributed by atoms with Gasteiger partial charge in [-0.1, -0.05) is 49.7 Å². The number of aryl methyl sites for hydroxylation is 1. The molecule has 0 fully saturated rings. The predicted octanol–water partition coefficient (Wildman–Crippen LogP) is 3.38. The summed E-state index contributed by atoms with van der Waals surface area (Å²) in [4.78, 5) is 12.3. The minimum absolute atomic E-state index is 0.0981. The summed E-state index contributed by atoms with van der Waals surface area (Å²) in [5.74, 6) is -0.544. The molecular weight excluding hydrogens is 338 g/mol. The number of ether oxygens (including phenoxy) is 1. The minimum atomic E-state index is -3.60. The van der Waals surface area contributed by atoms with E-state index in [-0.39, 0.29) is 17.1 Å². The minimum Gasteiger partial charge on any atom is -0.457 e. The van der Waals surface area contributed by atoms with Crippen molar-refractivity contribution in [3.8, 4) is 0 Å². The highest BCUT2D eigenvalue weighted by Gasteiger charge is 2.22. The second kappa shape index (κ2) is 8.27. The van der Waals surface area contributed by atoms with Gasteiger partial charge >= 0.3 is 5.97 Å². The zero-order valence-electron chi connectivity index (χ0n) is 14.7. The summed E-state index contributed by atoms with van der Waals surface area (Å²) in [6.45, 7) is 6.44. The van der Waals surface area contributed by atoms with E-state index in [9.17, 15) is 13.2 Å². The highest BCUT2D eigenvalue weighted by atomic mass is 32.2. The summed E-state index contributed by atoms with van der Waals surface area (Å²) in [6, 6.07) is 13.6. The maximum atomic E-state index is 12.6. The average Bonchev–Trinajstić information content (AvgIpc) is 2.62. The Bertz CT molecular complexity index is 825. The lowest BCUT2D eigenvalue weighted by atomic mass is 10.2. The number of hydrogen-bond donors (Lipinski definition) is 0. The molecule has 2 aromatic carbocycles. The van der Waals surface area contributed by atoms with E-state index in [1.165, 1.54) is 16.4 Å². The van der Waals surface area contributed by atoms with Crippen molar-refractivity contribution in [2.24, 2.45) is 0 Å². The van der Waals surface area contributed by atoms with Crippen molar-refractivity contribution in [3.63, 3.8) is 0 Å². The lowest BCUT2D eigenvalue weighted by Crippen LogP contribution is -2.30. The standard InChI is InChI=1S/C19H23NO4S/c1-4-20(5-2)25(22,23)18-8-6-7-17(13-18)19(21)24-14-16-11-9-15(3)10-12-16/h6-13H,4-5,14H2,1-3H3. The van der Waals surface area contributed by atoms with E-state index in [0.717, 1.165) is 11.1 Å². The van der Waals surface area contributed by atoms with E-state index in [1.54, 1.807) is 26.0 Å². The SMILES string of the molecule is CCN(CC)S(=O)(=O)c1cccc(C(=O)OCc2ccc(C)cc2)c1. The van der Waals surface area contributed by atoms with E-state index < -0.39 is 16.0 Å². The quantitative estimate of drug-likeness (QED) is 0.709. The highest BCUT2D eigenvalue weighted by molar-refractivity contribution is 7.89. The molecule has 0 aliphatic heterocycles. The van der Waals surface area contributed by atoms with Gasteiger partial charge in [0.2, 0.25) is 10.0 Å². The molecule has 5 nitrogen and oxygen atoms in total. The van der Waals surface area contributed by atoms with Crippen LogP contribution in [0.4, 0.5) is 0 Å². The van der Waals surface area contributed by atoms with Crippen LogP contribution in [-0.2, 0) is 21.4 Å². The maximum Gasteiger partial charge on any atom is 0.338 e. The molecule has 0 heterocycles. The first-order valence-corrected chi connectivity index (χ1v) is 9.65. The molecule has 0 atom stereocenters. The zero-order chi connectivity index (χ0) is 18.4. The molecule has 0 radical (unpaired) electrons. The van der Waals surface area contributed by atoms with Gasteiger partial charge < -0.3 is 4.74 Å². The van der Waals surface area contributed by atoms with Crippen LogP contribution in [0.25, 0.3) is 0 Å². The number of sulfonamides is 1. The van der Waals surface area contributed by atoms with Gasteiger partial charge in [-0.05, 0) is 30.7 Å². The monoisotopic (exact) mass is 361 g/mol. The van der Waals surface area contributed by atoms with E-state index in [2.05, 4.69) is 0 Å². The summed E-state index contributed by atoms with van der Waals surface area (Å²) in [7, 11) is -3.60. The summed E-state index contributed by atoms with van der Waals surface area (Å²) >= 11 is 0. The Balaban J connectivity index is 2.14. The zero-order valence-corrected chi connectivity index (χ0v) is 15.5. The van der Waals surface area contributed by atoms with Crippen molar-refractivity contribution >= 4 is 16.0 Å². The third-order valence-electron chi connectivity index (χ3n) is 3.90. The van der Waals surface area contributed by atoms with Gasteiger partial charge in [-0.15, -0.1) is 0 Å². The average molecular weight is 361 g/mol. The van der Waals surface area contributed by atoms with Crippen LogP contribution in [0.15, 0.2) is 53.4 Å². The lowest BCUT2D eigenvalue weighted by molar-refractivity contribution is 0.0472. The number of carbonyl (C=O) groups is 1. The molecule has 6 heteroatoms. The topological polar surface area (TPSA) is 63.7 Å². The van der Waals surface area contributed by atoms with Crippen LogP contribution in [-0.4, -0.2) is 31.8 Å². The Morgan fingerprint density at radius 2 is 1.68 bits per heavy atom. The summed E-state index contributed by atoms with van der Waals surface area (Å²) in [5, 5.41) is 0. The Morgan fingerprint density at radius 3 is 2.28 bits per heavy atom. The molecule has 0 aromatic heterocycles. The molecule has 0 saturated carbocycles. The number of carbonyl (C=O) groups excluding carboxylic acids is 1. The third-order valence-corrected chi connectivity index (χ3v) is 5.95. The highest BCUT2D eigenvalue weighted by Crippen LogP contribution is 2.18. The first kappa shape index (κ1) is 19.1. The van der Waals surface area contributed by atoms with Crippen molar-refractivity contribution in [2.75, 3.05) is 13.1 Å². The largest absolute Gasteiger partial charge is 0.457 e. The molecule has 0 bridgehead atoms. The Morgan fingerprint density at radius 1 is 1.04 bits per heavy atom. The molecule has 0 aliphatic carbocycles. The number of benzene rings is 2.